The molecule has 3 amide bonds. The fourth-order valence-corrected chi connectivity index (χ4v) is 3.26. The van der Waals surface area contributed by atoms with E-state index in [9.17, 15) is 14.4 Å². The lowest BCUT2D eigenvalue weighted by atomic mass is 9.98. The van der Waals surface area contributed by atoms with Gasteiger partial charge in [-0.15, -0.1) is 0 Å². The molecule has 7 nitrogen and oxygen atoms in total. The molecule has 0 atom stereocenters. The summed E-state index contributed by atoms with van der Waals surface area (Å²) >= 11 is 0. The van der Waals surface area contributed by atoms with Crippen LogP contribution in [0.1, 0.15) is 40.5 Å². The molecule has 0 spiro atoms. The summed E-state index contributed by atoms with van der Waals surface area (Å²) in [5.41, 5.74) is 7.48. The molecule has 1 fully saturated rings. The van der Waals surface area contributed by atoms with Gasteiger partial charge in [-0.25, -0.2) is 0 Å². The maximum absolute atomic E-state index is 12.6. The maximum Gasteiger partial charge on any atom is 0.253 e. The highest BCUT2D eigenvalue weighted by molar-refractivity contribution is 5.97. The van der Waals surface area contributed by atoms with Gasteiger partial charge in [0.2, 0.25) is 11.8 Å². The summed E-state index contributed by atoms with van der Waals surface area (Å²) in [5.74, 6) is -0.0762. The van der Waals surface area contributed by atoms with Crippen LogP contribution in [0, 0.1) is 5.92 Å². The summed E-state index contributed by atoms with van der Waals surface area (Å²) in [6, 6.07) is 13.6. The largest absolute Gasteiger partial charge is 0.376 e. The minimum absolute atomic E-state index is 0.0514. The van der Waals surface area contributed by atoms with Crippen LogP contribution in [0.25, 0.3) is 0 Å². The van der Waals surface area contributed by atoms with Gasteiger partial charge in [-0.3, -0.25) is 14.4 Å². The molecule has 0 aliphatic carbocycles. The lowest BCUT2D eigenvalue weighted by Gasteiger charge is -2.30. The average molecular weight is 394 g/mol. The lowest BCUT2D eigenvalue weighted by molar-refractivity contribution is -0.114. The number of anilines is 2. The van der Waals surface area contributed by atoms with Crippen LogP contribution in [0.5, 0.6) is 0 Å². The minimum Gasteiger partial charge on any atom is -0.376 e. The number of rotatable bonds is 6. The van der Waals surface area contributed by atoms with Crippen molar-refractivity contribution < 1.29 is 14.4 Å². The van der Waals surface area contributed by atoms with E-state index in [4.69, 9.17) is 5.73 Å². The topological polar surface area (TPSA) is 105 Å². The zero-order valence-corrected chi connectivity index (χ0v) is 16.5. The quantitative estimate of drug-likeness (QED) is 0.701. The summed E-state index contributed by atoms with van der Waals surface area (Å²) in [4.78, 5) is 37.8. The molecule has 0 unspecified atom stereocenters. The normalized spacial score (nSPS) is 14.3. The van der Waals surface area contributed by atoms with Crippen LogP contribution in [0.15, 0.2) is 48.5 Å². The molecular formula is C22H26N4O3. The number of nitrogens with one attached hydrogen (secondary N) is 2. The molecule has 0 bridgehead atoms. The van der Waals surface area contributed by atoms with Crippen molar-refractivity contribution >= 4 is 29.1 Å². The molecule has 2 aromatic carbocycles. The second-order valence-corrected chi connectivity index (χ2v) is 7.40. The Morgan fingerprint density at radius 2 is 1.69 bits per heavy atom. The smallest absolute Gasteiger partial charge is 0.253 e. The highest BCUT2D eigenvalue weighted by atomic mass is 16.2. The fourth-order valence-electron chi connectivity index (χ4n) is 3.26. The van der Waals surface area contributed by atoms with Crippen molar-refractivity contribution in [2.24, 2.45) is 11.7 Å². The molecule has 2 aromatic rings. The Morgan fingerprint density at radius 3 is 2.34 bits per heavy atom. The molecule has 152 valence electrons. The first kappa shape index (κ1) is 20.4. The average Bonchev–Trinajstić information content (AvgIpc) is 2.73. The highest BCUT2D eigenvalue weighted by Crippen LogP contribution is 2.19. The van der Waals surface area contributed by atoms with E-state index in [0.29, 0.717) is 22.7 Å². The van der Waals surface area contributed by atoms with Crippen molar-refractivity contribution in [2.45, 2.75) is 19.8 Å². The van der Waals surface area contributed by atoms with Crippen molar-refractivity contribution in [1.82, 2.24) is 4.90 Å². The third-order valence-corrected chi connectivity index (χ3v) is 5.09. The van der Waals surface area contributed by atoms with E-state index in [1.54, 1.807) is 42.5 Å². The predicted molar refractivity (Wildman–Crippen MR) is 113 cm³/mol. The molecule has 1 aliphatic heterocycles. The van der Waals surface area contributed by atoms with Crippen LogP contribution in [0.2, 0.25) is 0 Å². The summed E-state index contributed by atoms with van der Waals surface area (Å²) < 4.78 is 0. The SMILES string of the molecule is CC1CCN(C(=O)c2ccc(NCC(=O)Nc3cccc(C(N)=O)c3)cc2)CC1. The van der Waals surface area contributed by atoms with E-state index in [2.05, 4.69) is 17.6 Å². The summed E-state index contributed by atoms with van der Waals surface area (Å²) in [5, 5.41) is 5.74. The number of hydrogen-bond donors (Lipinski definition) is 3. The highest BCUT2D eigenvalue weighted by Gasteiger charge is 2.21. The van der Waals surface area contributed by atoms with Gasteiger partial charge in [0.05, 0.1) is 6.54 Å². The van der Waals surface area contributed by atoms with Gasteiger partial charge < -0.3 is 21.3 Å². The lowest BCUT2D eigenvalue weighted by Crippen LogP contribution is -2.37. The van der Waals surface area contributed by atoms with Crippen molar-refractivity contribution in [2.75, 3.05) is 30.3 Å². The molecule has 0 saturated carbocycles. The van der Waals surface area contributed by atoms with Crippen molar-refractivity contribution in [1.29, 1.82) is 0 Å². The van der Waals surface area contributed by atoms with Gasteiger partial charge in [-0.1, -0.05) is 13.0 Å². The molecule has 4 N–H and O–H groups in total. The molecule has 1 saturated heterocycles. The van der Waals surface area contributed by atoms with E-state index in [1.165, 1.54) is 6.07 Å². The number of benzene rings is 2. The molecule has 3 rings (SSSR count). The first-order chi connectivity index (χ1) is 13.9. The van der Waals surface area contributed by atoms with E-state index in [0.717, 1.165) is 31.6 Å². The Labute approximate surface area is 170 Å². The van der Waals surface area contributed by atoms with Crippen LogP contribution in [0.4, 0.5) is 11.4 Å². The molecule has 7 heteroatoms. The first-order valence-electron chi connectivity index (χ1n) is 9.75. The van der Waals surface area contributed by atoms with Gasteiger partial charge in [0.15, 0.2) is 0 Å². The second kappa shape index (κ2) is 9.23. The Morgan fingerprint density at radius 1 is 1.00 bits per heavy atom. The van der Waals surface area contributed by atoms with Gasteiger partial charge in [0, 0.05) is 35.6 Å². The van der Waals surface area contributed by atoms with E-state index in [1.807, 2.05) is 4.90 Å². The van der Waals surface area contributed by atoms with Gasteiger partial charge in [-0.05, 0) is 61.2 Å². The van der Waals surface area contributed by atoms with Crippen molar-refractivity contribution in [3.8, 4) is 0 Å². The fraction of sp³-hybridized carbons (Fsp3) is 0.318. The number of nitrogens with two attached hydrogens (primary N) is 1. The van der Waals surface area contributed by atoms with Crippen LogP contribution < -0.4 is 16.4 Å². The van der Waals surface area contributed by atoms with Crippen LogP contribution in [0.3, 0.4) is 0 Å². The molecule has 1 aliphatic rings. The van der Waals surface area contributed by atoms with E-state index >= 15 is 0 Å². The zero-order valence-electron chi connectivity index (χ0n) is 16.5. The molecule has 1 heterocycles. The molecule has 0 aromatic heterocycles. The Hall–Kier alpha value is -3.35. The molecular weight excluding hydrogens is 368 g/mol. The van der Waals surface area contributed by atoms with Crippen LogP contribution in [-0.2, 0) is 4.79 Å². The van der Waals surface area contributed by atoms with Gasteiger partial charge >= 0.3 is 0 Å². The minimum atomic E-state index is -0.548. The van der Waals surface area contributed by atoms with Crippen LogP contribution in [-0.4, -0.2) is 42.3 Å². The predicted octanol–water partition coefficient (Wildman–Crippen LogP) is 2.71. The van der Waals surface area contributed by atoms with Gasteiger partial charge in [0.25, 0.3) is 5.91 Å². The monoisotopic (exact) mass is 394 g/mol. The van der Waals surface area contributed by atoms with Crippen molar-refractivity contribution in [3.05, 3.63) is 59.7 Å². The Kier molecular flexibility index (Phi) is 6.49. The van der Waals surface area contributed by atoms with Gasteiger partial charge in [-0.2, -0.15) is 0 Å². The number of primary amides is 1. The summed E-state index contributed by atoms with van der Waals surface area (Å²) in [6.07, 6.45) is 2.09. The third-order valence-electron chi connectivity index (χ3n) is 5.09. The van der Waals surface area contributed by atoms with E-state index < -0.39 is 5.91 Å². The summed E-state index contributed by atoms with van der Waals surface area (Å²) in [6.45, 7) is 3.87. The molecule has 29 heavy (non-hydrogen) atoms. The standard InChI is InChI=1S/C22H26N4O3/c1-15-9-11-26(12-10-15)22(29)16-5-7-18(8-6-16)24-14-20(27)25-19-4-2-3-17(13-19)21(23)28/h2-8,13,15,24H,9-12,14H2,1H3,(H2,23,28)(H,25,27). The number of carbonyl (C=O) groups is 3. The Bertz CT molecular complexity index is 887. The number of amides is 3. The third kappa shape index (κ3) is 5.57. The Balaban J connectivity index is 1.51. The van der Waals surface area contributed by atoms with Crippen LogP contribution >= 0.6 is 0 Å². The number of hydrogen-bond acceptors (Lipinski definition) is 4. The zero-order chi connectivity index (χ0) is 20.8. The number of nitrogens with zero attached hydrogens (tertiary/aromatic N) is 1. The van der Waals surface area contributed by atoms with E-state index in [-0.39, 0.29) is 18.4 Å². The molecule has 0 radical (unpaired) electrons. The number of carbonyl (C=O) groups excluding carboxylic acids is 3. The second-order valence-electron chi connectivity index (χ2n) is 7.40. The summed E-state index contributed by atoms with van der Waals surface area (Å²) in [7, 11) is 0. The number of likely N-dealkylation sites (tertiary alicyclic amines) is 1. The first-order valence-corrected chi connectivity index (χ1v) is 9.75. The number of piperidine rings is 1. The van der Waals surface area contributed by atoms with Gasteiger partial charge in [0.1, 0.15) is 0 Å². The maximum atomic E-state index is 12.6. The van der Waals surface area contributed by atoms with Crippen molar-refractivity contribution in [3.63, 3.8) is 0 Å².